The molecule has 38 heavy (non-hydrogen) atoms. The lowest BCUT2D eigenvalue weighted by molar-refractivity contribution is 1.28. The molecule has 0 spiro atoms. The van der Waals surface area contributed by atoms with E-state index in [0.717, 1.165) is 22.6 Å². The maximum Gasteiger partial charge on any atom is 0.0462 e. The van der Waals surface area contributed by atoms with E-state index in [2.05, 4.69) is 143 Å². The predicted molar refractivity (Wildman–Crippen MR) is 162 cm³/mol. The zero-order valence-electron chi connectivity index (χ0n) is 21.2. The molecule has 7 rings (SSSR count). The van der Waals surface area contributed by atoms with Gasteiger partial charge in [0, 0.05) is 30.3 Å². The summed E-state index contributed by atoms with van der Waals surface area (Å²) in [6, 6.07) is 48.0. The lowest BCUT2D eigenvalue weighted by atomic mass is 9.94. The third-order valence-corrected chi connectivity index (χ3v) is 7.43. The van der Waals surface area contributed by atoms with Gasteiger partial charge < -0.3 is 4.90 Å². The molecule has 1 aliphatic carbocycles. The Balaban J connectivity index is 1.31. The van der Waals surface area contributed by atoms with Crippen LogP contribution in [0.5, 0.6) is 0 Å². The van der Waals surface area contributed by atoms with Gasteiger partial charge >= 0.3 is 0 Å². The molecule has 0 heterocycles. The van der Waals surface area contributed by atoms with E-state index in [1.165, 1.54) is 44.2 Å². The number of anilines is 3. The first-order chi connectivity index (χ1) is 18.8. The summed E-state index contributed by atoms with van der Waals surface area (Å²) in [5, 5.41) is 2.66. The highest BCUT2D eigenvalue weighted by Crippen LogP contribution is 2.49. The van der Waals surface area contributed by atoms with E-state index in [0.29, 0.717) is 0 Å². The minimum Gasteiger partial charge on any atom is -0.311 e. The fourth-order valence-corrected chi connectivity index (χ4v) is 5.73. The molecule has 6 aromatic rings. The minimum absolute atomic E-state index is 1.09. The second kappa shape index (κ2) is 9.17. The van der Waals surface area contributed by atoms with Gasteiger partial charge in [-0.1, -0.05) is 97.1 Å². The smallest absolute Gasteiger partial charge is 0.0462 e. The number of para-hydroxylation sites is 1. The van der Waals surface area contributed by atoms with E-state index in [1.807, 2.05) is 6.21 Å². The van der Waals surface area contributed by atoms with E-state index >= 15 is 0 Å². The average molecular weight is 487 g/mol. The number of benzene rings is 6. The minimum atomic E-state index is 1.09. The molecule has 0 fully saturated rings. The number of hydrogen-bond acceptors (Lipinski definition) is 2. The molecule has 0 saturated heterocycles. The van der Waals surface area contributed by atoms with Gasteiger partial charge in [-0.15, -0.1) is 0 Å². The van der Waals surface area contributed by atoms with Crippen LogP contribution in [0.4, 0.5) is 17.1 Å². The van der Waals surface area contributed by atoms with Gasteiger partial charge in [0.1, 0.15) is 0 Å². The largest absolute Gasteiger partial charge is 0.311 e. The lowest BCUT2D eigenvalue weighted by Gasteiger charge is -2.25. The second-order valence-corrected chi connectivity index (χ2v) is 9.63. The molecular weight excluding hydrogens is 460 g/mol. The molecule has 0 atom stereocenters. The van der Waals surface area contributed by atoms with Crippen LogP contribution in [0.1, 0.15) is 5.56 Å². The van der Waals surface area contributed by atoms with Gasteiger partial charge in [-0.3, -0.25) is 4.99 Å². The molecular formula is C36H26N2. The zero-order chi connectivity index (χ0) is 25.5. The van der Waals surface area contributed by atoms with E-state index in [-0.39, 0.29) is 0 Å². The predicted octanol–water partition coefficient (Wildman–Crippen LogP) is 9.67. The van der Waals surface area contributed by atoms with Crippen LogP contribution in [0, 0.1) is 0 Å². The SMILES string of the molecule is C/N=C/c1ccc(N(c2ccccc2)c2ccc(-c3ccc4c5c(cccc35)-c3ccccc3-4)cc2)cc1. The van der Waals surface area contributed by atoms with Crippen LogP contribution in [0.2, 0.25) is 0 Å². The maximum atomic E-state index is 4.14. The van der Waals surface area contributed by atoms with Gasteiger partial charge in [-0.2, -0.15) is 0 Å². The quantitative estimate of drug-likeness (QED) is 0.221. The Kier molecular flexibility index (Phi) is 5.37. The van der Waals surface area contributed by atoms with Gasteiger partial charge in [0.2, 0.25) is 0 Å². The number of rotatable bonds is 5. The highest BCUT2D eigenvalue weighted by atomic mass is 15.1. The van der Waals surface area contributed by atoms with Crippen molar-refractivity contribution in [1.82, 2.24) is 0 Å². The molecule has 0 aliphatic heterocycles. The summed E-state index contributed by atoms with van der Waals surface area (Å²) < 4.78 is 0. The van der Waals surface area contributed by atoms with Crippen molar-refractivity contribution in [3.63, 3.8) is 0 Å². The molecule has 0 amide bonds. The van der Waals surface area contributed by atoms with Gasteiger partial charge in [-0.05, 0) is 86.1 Å². The summed E-state index contributed by atoms with van der Waals surface area (Å²) >= 11 is 0. The van der Waals surface area contributed by atoms with Crippen molar-refractivity contribution in [3.05, 3.63) is 139 Å². The summed E-state index contributed by atoms with van der Waals surface area (Å²) in [6.45, 7) is 0. The van der Waals surface area contributed by atoms with E-state index in [4.69, 9.17) is 0 Å². The molecule has 6 aromatic carbocycles. The average Bonchev–Trinajstić information content (AvgIpc) is 3.31. The molecule has 2 heteroatoms. The first kappa shape index (κ1) is 22.3. The van der Waals surface area contributed by atoms with Crippen molar-refractivity contribution < 1.29 is 0 Å². The van der Waals surface area contributed by atoms with Crippen molar-refractivity contribution in [2.75, 3.05) is 11.9 Å². The fraction of sp³-hybridized carbons (Fsp3) is 0.0278. The van der Waals surface area contributed by atoms with E-state index < -0.39 is 0 Å². The maximum absolute atomic E-state index is 4.14. The van der Waals surface area contributed by atoms with Gasteiger partial charge in [-0.25, -0.2) is 0 Å². The number of fused-ring (bicyclic) bond motifs is 3. The first-order valence-electron chi connectivity index (χ1n) is 13.0. The molecule has 0 unspecified atom stereocenters. The molecule has 0 bridgehead atoms. The van der Waals surface area contributed by atoms with Crippen molar-refractivity contribution in [2.45, 2.75) is 0 Å². The van der Waals surface area contributed by atoms with Gasteiger partial charge in [0.05, 0.1) is 0 Å². The normalized spacial score (nSPS) is 11.7. The monoisotopic (exact) mass is 486 g/mol. The Morgan fingerprint density at radius 1 is 0.474 bits per heavy atom. The van der Waals surface area contributed by atoms with Crippen molar-refractivity contribution in [1.29, 1.82) is 0 Å². The first-order valence-corrected chi connectivity index (χ1v) is 13.0. The van der Waals surface area contributed by atoms with Gasteiger partial charge in [0.15, 0.2) is 0 Å². The lowest BCUT2D eigenvalue weighted by Crippen LogP contribution is -2.09. The number of aliphatic imine (C=N–C) groups is 1. The molecule has 2 nitrogen and oxygen atoms in total. The van der Waals surface area contributed by atoms with Crippen LogP contribution in [0.15, 0.2) is 138 Å². The zero-order valence-corrected chi connectivity index (χ0v) is 21.2. The highest BCUT2D eigenvalue weighted by molar-refractivity contribution is 6.18. The van der Waals surface area contributed by atoms with Crippen molar-refractivity contribution in [3.8, 4) is 33.4 Å². The number of hydrogen-bond donors (Lipinski definition) is 0. The van der Waals surface area contributed by atoms with Crippen LogP contribution >= 0.6 is 0 Å². The molecule has 0 radical (unpaired) electrons. The standard InChI is InChI=1S/C36H26N2/c1-37-24-25-14-18-28(19-15-25)38(27-8-3-2-4-9-27)29-20-16-26(17-21-29)30-22-23-35-32-11-6-5-10-31(32)34-13-7-12-33(30)36(34)35/h2-24H,1H3/b37-24+. The van der Waals surface area contributed by atoms with Crippen LogP contribution < -0.4 is 4.90 Å². The van der Waals surface area contributed by atoms with Crippen LogP contribution in [0.3, 0.4) is 0 Å². The van der Waals surface area contributed by atoms with Gasteiger partial charge in [0.25, 0.3) is 0 Å². The Bertz CT molecular complexity index is 1770. The molecule has 1 aliphatic rings. The Hall–Kier alpha value is -4.95. The molecule has 0 aromatic heterocycles. The Labute approximate surface area is 223 Å². The fourth-order valence-electron chi connectivity index (χ4n) is 5.73. The topological polar surface area (TPSA) is 15.6 Å². The van der Waals surface area contributed by atoms with Crippen LogP contribution in [-0.2, 0) is 0 Å². The summed E-state index contributed by atoms with van der Waals surface area (Å²) in [7, 11) is 1.80. The third kappa shape index (κ3) is 3.62. The second-order valence-electron chi connectivity index (χ2n) is 9.63. The van der Waals surface area contributed by atoms with Crippen molar-refractivity contribution >= 4 is 34.0 Å². The Morgan fingerprint density at radius 3 is 1.71 bits per heavy atom. The van der Waals surface area contributed by atoms with E-state index in [1.54, 1.807) is 7.05 Å². The summed E-state index contributed by atoms with van der Waals surface area (Å²) in [4.78, 5) is 6.44. The molecule has 0 N–H and O–H groups in total. The Morgan fingerprint density at radius 2 is 1.03 bits per heavy atom. The van der Waals surface area contributed by atoms with Crippen molar-refractivity contribution in [2.24, 2.45) is 4.99 Å². The third-order valence-electron chi connectivity index (χ3n) is 7.43. The van der Waals surface area contributed by atoms with Crippen LogP contribution in [-0.4, -0.2) is 13.3 Å². The molecule has 0 saturated carbocycles. The van der Waals surface area contributed by atoms with E-state index in [9.17, 15) is 0 Å². The number of nitrogens with zero attached hydrogens (tertiary/aromatic N) is 2. The summed E-state index contributed by atoms with van der Waals surface area (Å²) in [6.07, 6.45) is 1.88. The van der Waals surface area contributed by atoms with Crippen LogP contribution in [0.25, 0.3) is 44.2 Å². The molecule has 180 valence electrons. The summed E-state index contributed by atoms with van der Waals surface area (Å²) in [5.74, 6) is 0. The highest BCUT2D eigenvalue weighted by Gasteiger charge is 2.22. The summed E-state index contributed by atoms with van der Waals surface area (Å²) in [5.41, 5.74) is 12.3.